The Bertz CT molecular complexity index is 99.0. The Hall–Kier alpha value is 52.4. The quantitative estimate of drug-likeness (QED) is 0.212. The Morgan fingerprint density at radius 1 is 0.0545 bits per heavy atom. The van der Waals surface area contributed by atoms with Gasteiger partial charge in [-0.25, -0.2) is 0 Å². The SMILES string of the molecule is [H-].[H-].[H-].[H-].[H-].[H-].[H-].[H-].[H-].[H-].[H-].[H-].[H-].[H-].[H-].[Hg].[Hg].[Hg].[Hg].[Hg].[Hg].[Hg].[Hg].[Hg].[Hg].[Hg].[Hg].[Hg].[Hg].[Hg].[Hg].[Hg].[Hg].[Hg].[Hg].[Hg].[Hg].[Hg].[Hg].[Hg].[Hg].[Hg].[Hg].[Hg].[Hg].[Hg].[Hg].[Hg].[Hg].[Hg].[Hg].[Hg].[Hg].[Hg].[Hg].[Na+].[Na+].[Na+].[Na+].[Na+].[Na+].[Na+].[Na+].[Na+].[Na+].[Na+].[Na+].[Na+].[Na+].[Na+]. The molecule has 0 saturated heterocycles. The van der Waals surface area contributed by atoms with Crippen molar-refractivity contribution in [3.05, 3.63) is 0 Å². The largest absolute Gasteiger partial charge is 1.00 e. The zero-order valence-corrected chi connectivity index (χ0v) is 293. The van der Waals surface area contributed by atoms with Crippen LogP contribution in [0.1, 0.15) is 21.4 Å². The van der Waals surface area contributed by atoms with Crippen LogP contribution in [0.25, 0.3) is 0 Å². The third kappa shape index (κ3) is 422. The zero-order valence-electron chi connectivity index (χ0n) is 58.3. The van der Waals surface area contributed by atoms with Crippen LogP contribution in [-0.4, -0.2) is 0 Å². The first kappa shape index (κ1) is 443. The molecule has 0 nitrogen and oxygen atoms in total. The molecule has 0 heterocycles. The maximum atomic E-state index is 0. The van der Waals surface area contributed by atoms with Crippen molar-refractivity contribution < 1.29 is 1570 Å². The fourth-order valence-corrected chi connectivity index (χ4v) is 0. The molecule has 55 heteroatoms. The molecule has 0 aromatic carbocycles. The van der Waals surface area contributed by atoms with Crippen LogP contribution in [0.3, 0.4) is 0 Å². The summed E-state index contributed by atoms with van der Waals surface area (Å²) >= 11 is 0. The van der Waals surface area contributed by atoms with Gasteiger partial charge in [0.15, 0.2) is 0 Å². The molecular weight excluding hydrogens is 8370 g/mol. The smallest absolute Gasteiger partial charge is 1.00 e. The summed E-state index contributed by atoms with van der Waals surface area (Å²) in [5.74, 6) is 0. The van der Waals surface area contributed by atoms with Crippen LogP contribution in [0.2, 0.25) is 0 Å². The van der Waals surface area contributed by atoms with E-state index in [1.807, 2.05) is 0 Å². The molecule has 55 heavy (non-hydrogen) atoms. The summed E-state index contributed by atoms with van der Waals surface area (Å²) in [6.45, 7) is 0. The van der Waals surface area contributed by atoms with Crippen LogP contribution in [0.4, 0.5) is 0 Å². The molecule has 0 spiro atoms. The van der Waals surface area contributed by atoms with E-state index >= 15 is 0 Å². The minimum absolute atomic E-state index is 0. The molecule has 0 aromatic rings. The van der Waals surface area contributed by atoms with Gasteiger partial charge in [-0.2, -0.15) is 0 Å². The van der Waals surface area contributed by atoms with Crippen LogP contribution in [0, 0.1) is 0 Å². The van der Waals surface area contributed by atoms with E-state index in [4.69, 9.17) is 0 Å². The minimum atomic E-state index is 0. The second-order valence-corrected chi connectivity index (χ2v) is 0. The molecule has 0 aliphatic rings. The monoisotopic (exact) mass is 8440 g/mol. The van der Waals surface area contributed by atoms with E-state index in [0.717, 1.165) is 0 Å². The standard InChI is InChI=1S/40Hg.15Na.15H/q;;;;;;;;;;;;;;;;;;;;;;;;;;;;;;;;;;;;;;;;15*+1;15*-1. The van der Waals surface area contributed by atoms with Crippen molar-refractivity contribution in [1.82, 2.24) is 0 Å². The van der Waals surface area contributed by atoms with Gasteiger partial charge in [0.2, 0.25) is 0 Å². The molecule has 0 radical (unpaired) electrons. The van der Waals surface area contributed by atoms with Crippen molar-refractivity contribution in [2.24, 2.45) is 0 Å². The van der Waals surface area contributed by atoms with Crippen molar-refractivity contribution in [2.75, 3.05) is 0 Å². The maximum Gasteiger partial charge on any atom is 1.00 e. The average molecular weight is 8380 g/mol. The average Bonchev–Trinajstić information content (AvgIpc) is 0. The predicted octanol–water partition coefficient (Wildman–Crippen LogP) is -43.4. The second kappa shape index (κ2) is 430. The summed E-state index contributed by atoms with van der Waals surface area (Å²) < 4.78 is 0. The van der Waals surface area contributed by atoms with Gasteiger partial charge in [0, 0.05) is 1110 Å². The summed E-state index contributed by atoms with van der Waals surface area (Å²) in [7, 11) is 0. The van der Waals surface area contributed by atoms with E-state index in [1.54, 1.807) is 0 Å². The summed E-state index contributed by atoms with van der Waals surface area (Å²) in [6.07, 6.45) is 0. The first-order chi connectivity index (χ1) is 0. The van der Waals surface area contributed by atoms with Crippen molar-refractivity contribution in [3.63, 3.8) is 0 Å². The molecule has 0 atom stereocenters. The number of hydrogen-bond acceptors (Lipinski definition) is 0. The van der Waals surface area contributed by atoms with Gasteiger partial charge in [0.25, 0.3) is 0 Å². The molecule has 0 fully saturated rings. The second-order valence-electron chi connectivity index (χ2n) is 0. The van der Waals surface area contributed by atoms with Gasteiger partial charge in [0.05, 0.1) is 0 Å². The number of hydrogen-bond donors (Lipinski definition) is 0. The Morgan fingerprint density at radius 3 is 0.0545 bits per heavy atom. The summed E-state index contributed by atoms with van der Waals surface area (Å²) in [5, 5.41) is 0. The molecule has 0 N–H and O–H groups in total. The van der Waals surface area contributed by atoms with E-state index in [2.05, 4.69) is 0 Å². The van der Waals surface area contributed by atoms with Crippen LogP contribution in [0.15, 0.2) is 0 Å². The topological polar surface area (TPSA) is 0 Å². The van der Waals surface area contributed by atoms with E-state index in [9.17, 15) is 0 Å². The third-order valence-electron chi connectivity index (χ3n) is 0. The summed E-state index contributed by atoms with van der Waals surface area (Å²) in [4.78, 5) is 0. The molecular formula is H15Hg40Na15. The fraction of sp³-hybridized carbons (Fsp3) is 0. The van der Waals surface area contributed by atoms with Gasteiger partial charge in [-0.15, -0.1) is 0 Å². The Kier molecular flexibility index (Phi) is 3470. The Labute approximate surface area is 1520 Å². The van der Waals surface area contributed by atoms with Crippen LogP contribution in [0.5, 0.6) is 0 Å². The van der Waals surface area contributed by atoms with Gasteiger partial charge in [0.1, 0.15) is 0 Å². The molecule has 0 aromatic heterocycles. The van der Waals surface area contributed by atoms with Crippen LogP contribution < -0.4 is 443 Å². The third-order valence-corrected chi connectivity index (χ3v) is 0. The zero-order chi connectivity index (χ0) is 0. The van der Waals surface area contributed by atoms with Gasteiger partial charge in [-0.1, -0.05) is 0 Å². The van der Waals surface area contributed by atoms with Crippen LogP contribution in [-0.2, 0) is 1110 Å². The Balaban J connectivity index is 0. The minimum Gasteiger partial charge on any atom is -1.00 e. The fourth-order valence-electron chi connectivity index (χ4n) is 0. The molecule has 0 rings (SSSR count). The van der Waals surface area contributed by atoms with Gasteiger partial charge in [-0.05, 0) is 0 Å². The first-order valence-electron chi connectivity index (χ1n) is 0. The van der Waals surface area contributed by atoms with E-state index in [0.29, 0.717) is 0 Å². The number of rotatable bonds is 0. The van der Waals surface area contributed by atoms with Gasteiger partial charge >= 0.3 is 443 Å². The van der Waals surface area contributed by atoms with Crippen molar-refractivity contribution in [2.45, 2.75) is 0 Å². The van der Waals surface area contributed by atoms with E-state index in [1.165, 1.54) is 0 Å². The van der Waals surface area contributed by atoms with Gasteiger partial charge in [-0.3, -0.25) is 0 Å². The molecule has 0 unspecified atom stereocenters. The Morgan fingerprint density at radius 2 is 0.0545 bits per heavy atom. The van der Waals surface area contributed by atoms with E-state index in [-0.39, 0.29) is 1570 Å². The molecule has 0 aliphatic carbocycles. The maximum absolute atomic E-state index is 0. The molecule has 0 saturated carbocycles. The molecule has 0 amide bonds. The van der Waals surface area contributed by atoms with Crippen molar-refractivity contribution in [1.29, 1.82) is 0 Å². The van der Waals surface area contributed by atoms with E-state index < -0.39 is 0 Å². The van der Waals surface area contributed by atoms with Crippen LogP contribution >= 0.6 is 0 Å². The summed E-state index contributed by atoms with van der Waals surface area (Å²) in [6, 6.07) is 0. The van der Waals surface area contributed by atoms with Crippen molar-refractivity contribution in [3.8, 4) is 0 Å². The molecule has 0 aliphatic heterocycles. The molecule has 110 valence electrons. The first-order valence-corrected chi connectivity index (χ1v) is 0. The van der Waals surface area contributed by atoms with Crippen molar-refractivity contribution >= 4 is 0 Å². The summed E-state index contributed by atoms with van der Waals surface area (Å²) in [5.41, 5.74) is 0. The van der Waals surface area contributed by atoms with Gasteiger partial charge < -0.3 is 21.4 Å². The predicted molar refractivity (Wildman–Crippen MR) is 16.7 cm³/mol. The molecule has 0 bridgehead atoms. The normalized spacial score (nSPS) is 0.